The number of methoxy groups -OCH3 is 1. The molecule has 1 N–H and O–H groups in total. The Hall–Kier alpha value is -2.95. The van der Waals surface area contributed by atoms with Gasteiger partial charge >= 0.3 is 0 Å². The Morgan fingerprint density at radius 1 is 0.906 bits per heavy atom. The standard InChI is InChI=1S/C22H21FN2O5S2/c1-30-22-10-9-20(14-21(22)23)31(26,27)24-18-8-7-16-11-12-25(15-17(16)13-18)32(28,29)19-5-3-2-4-6-19/h2-10,13-14,24H,11-12,15H2,1H3. The summed E-state index contributed by atoms with van der Waals surface area (Å²) in [5.74, 6) is -0.847. The van der Waals surface area contributed by atoms with Gasteiger partial charge in [-0.2, -0.15) is 4.31 Å². The molecule has 10 heteroatoms. The molecule has 0 atom stereocenters. The molecule has 0 amide bonds. The Balaban J connectivity index is 1.58. The Morgan fingerprint density at radius 3 is 2.34 bits per heavy atom. The Morgan fingerprint density at radius 2 is 1.66 bits per heavy atom. The monoisotopic (exact) mass is 476 g/mol. The quantitative estimate of drug-likeness (QED) is 0.589. The first-order chi connectivity index (χ1) is 15.2. The highest BCUT2D eigenvalue weighted by molar-refractivity contribution is 7.92. The maximum absolute atomic E-state index is 14.0. The lowest BCUT2D eigenvalue weighted by Crippen LogP contribution is -2.36. The fourth-order valence-corrected chi connectivity index (χ4v) is 6.07. The van der Waals surface area contributed by atoms with Crippen LogP contribution in [-0.4, -0.2) is 34.8 Å². The van der Waals surface area contributed by atoms with Gasteiger partial charge in [-0.15, -0.1) is 0 Å². The first-order valence-corrected chi connectivity index (χ1v) is 12.7. The van der Waals surface area contributed by atoms with Gasteiger partial charge in [0.2, 0.25) is 10.0 Å². The van der Waals surface area contributed by atoms with Crippen molar-refractivity contribution in [3.05, 3.63) is 83.7 Å². The summed E-state index contributed by atoms with van der Waals surface area (Å²) < 4.78 is 73.9. The molecule has 3 aromatic carbocycles. The summed E-state index contributed by atoms with van der Waals surface area (Å²) in [4.78, 5) is -0.0383. The van der Waals surface area contributed by atoms with Crippen LogP contribution >= 0.6 is 0 Å². The van der Waals surface area contributed by atoms with Gasteiger partial charge in [0.05, 0.1) is 16.9 Å². The van der Waals surface area contributed by atoms with Crippen LogP contribution in [-0.2, 0) is 33.0 Å². The molecule has 0 spiro atoms. The molecule has 0 aliphatic carbocycles. The van der Waals surface area contributed by atoms with Crippen molar-refractivity contribution in [2.45, 2.75) is 22.8 Å². The fourth-order valence-electron chi connectivity index (χ4n) is 3.57. The van der Waals surface area contributed by atoms with Crippen molar-refractivity contribution < 1.29 is 26.0 Å². The minimum absolute atomic E-state index is 0.0579. The van der Waals surface area contributed by atoms with Crippen LogP contribution in [0.1, 0.15) is 11.1 Å². The molecule has 7 nitrogen and oxygen atoms in total. The summed E-state index contributed by atoms with van der Waals surface area (Å²) in [6.45, 7) is 0.458. The van der Waals surface area contributed by atoms with Gasteiger partial charge in [0.15, 0.2) is 11.6 Å². The van der Waals surface area contributed by atoms with Gasteiger partial charge < -0.3 is 4.74 Å². The molecule has 1 aliphatic heterocycles. The van der Waals surface area contributed by atoms with Crippen LogP contribution < -0.4 is 9.46 Å². The number of sulfonamides is 2. The van der Waals surface area contributed by atoms with Crippen molar-refractivity contribution >= 4 is 25.7 Å². The Kier molecular flexibility index (Phi) is 5.93. The minimum Gasteiger partial charge on any atom is -0.494 e. The molecule has 168 valence electrons. The van der Waals surface area contributed by atoms with Crippen LogP contribution in [0.15, 0.2) is 76.5 Å². The molecule has 0 unspecified atom stereocenters. The van der Waals surface area contributed by atoms with Crippen molar-refractivity contribution in [1.29, 1.82) is 0 Å². The van der Waals surface area contributed by atoms with Gasteiger partial charge in [0, 0.05) is 18.8 Å². The molecule has 0 fully saturated rings. The van der Waals surface area contributed by atoms with Gasteiger partial charge in [-0.25, -0.2) is 21.2 Å². The van der Waals surface area contributed by atoms with E-state index in [2.05, 4.69) is 4.72 Å². The second-order valence-corrected chi connectivity index (χ2v) is 10.9. The van der Waals surface area contributed by atoms with E-state index in [0.29, 0.717) is 18.5 Å². The SMILES string of the molecule is COc1ccc(S(=O)(=O)Nc2ccc3c(c2)CN(S(=O)(=O)c2ccccc2)CC3)cc1F. The summed E-state index contributed by atoms with van der Waals surface area (Å²) in [5.41, 5.74) is 1.92. The number of ether oxygens (including phenoxy) is 1. The molecule has 3 aromatic rings. The zero-order valence-electron chi connectivity index (χ0n) is 17.2. The van der Waals surface area contributed by atoms with E-state index >= 15 is 0 Å². The molecule has 1 aliphatic rings. The third-order valence-corrected chi connectivity index (χ3v) is 8.49. The number of hydrogen-bond donors (Lipinski definition) is 1. The second-order valence-electron chi connectivity index (χ2n) is 7.29. The average molecular weight is 477 g/mol. The van der Waals surface area contributed by atoms with Crippen molar-refractivity contribution in [3.8, 4) is 5.75 Å². The van der Waals surface area contributed by atoms with E-state index in [1.165, 1.54) is 23.5 Å². The van der Waals surface area contributed by atoms with Crippen molar-refractivity contribution in [1.82, 2.24) is 4.31 Å². The maximum atomic E-state index is 14.0. The summed E-state index contributed by atoms with van der Waals surface area (Å²) in [6.07, 6.45) is 0.512. The van der Waals surface area contributed by atoms with Gasteiger partial charge in [0.1, 0.15) is 0 Å². The Bertz CT molecular complexity index is 1360. The van der Waals surface area contributed by atoms with E-state index in [1.807, 2.05) is 0 Å². The maximum Gasteiger partial charge on any atom is 0.262 e. The predicted molar refractivity (Wildman–Crippen MR) is 118 cm³/mol. The average Bonchev–Trinajstić information content (AvgIpc) is 2.79. The number of rotatable bonds is 6. The normalized spacial score (nSPS) is 14.6. The number of hydrogen-bond acceptors (Lipinski definition) is 5. The largest absolute Gasteiger partial charge is 0.494 e. The molecular weight excluding hydrogens is 455 g/mol. The highest BCUT2D eigenvalue weighted by Crippen LogP contribution is 2.28. The molecule has 0 saturated heterocycles. The van der Waals surface area contributed by atoms with E-state index in [9.17, 15) is 21.2 Å². The summed E-state index contributed by atoms with van der Waals surface area (Å²) in [5, 5.41) is 0. The summed E-state index contributed by atoms with van der Waals surface area (Å²) in [7, 11) is -6.42. The number of halogens is 1. The van der Waals surface area contributed by atoms with Crippen molar-refractivity contribution in [3.63, 3.8) is 0 Å². The lowest BCUT2D eigenvalue weighted by molar-refractivity contribution is 0.385. The lowest BCUT2D eigenvalue weighted by Gasteiger charge is -2.28. The summed E-state index contributed by atoms with van der Waals surface area (Å²) >= 11 is 0. The lowest BCUT2D eigenvalue weighted by atomic mass is 10.0. The van der Waals surface area contributed by atoms with Crippen LogP contribution in [0.2, 0.25) is 0 Å². The smallest absolute Gasteiger partial charge is 0.262 e. The van der Waals surface area contributed by atoms with Crippen molar-refractivity contribution in [2.75, 3.05) is 18.4 Å². The van der Waals surface area contributed by atoms with E-state index in [-0.39, 0.29) is 27.8 Å². The topological polar surface area (TPSA) is 92.8 Å². The highest BCUT2D eigenvalue weighted by atomic mass is 32.2. The number of nitrogens with one attached hydrogen (secondary N) is 1. The van der Waals surface area contributed by atoms with E-state index < -0.39 is 25.9 Å². The molecule has 32 heavy (non-hydrogen) atoms. The molecular formula is C22H21FN2O5S2. The Labute approximate surface area is 186 Å². The molecule has 0 radical (unpaired) electrons. The molecule has 4 rings (SSSR count). The van der Waals surface area contributed by atoms with Crippen LogP contribution in [0.4, 0.5) is 10.1 Å². The third-order valence-electron chi connectivity index (χ3n) is 5.25. The third kappa shape index (κ3) is 4.34. The van der Waals surface area contributed by atoms with Crippen molar-refractivity contribution in [2.24, 2.45) is 0 Å². The van der Waals surface area contributed by atoms with E-state index in [4.69, 9.17) is 4.74 Å². The van der Waals surface area contributed by atoms with Gasteiger partial charge in [-0.3, -0.25) is 4.72 Å². The molecule has 0 aromatic heterocycles. The molecule has 1 heterocycles. The van der Waals surface area contributed by atoms with Crippen LogP contribution in [0.3, 0.4) is 0 Å². The zero-order valence-corrected chi connectivity index (χ0v) is 18.8. The highest BCUT2D eigenvalue weighted by Gasteiger charge is 2.28. The van der Waals surface area contributed by atoms with Gasteiger partial charge in [-0.1, -0.05) is 24.3 Å². The number of fused-ring (bicyclic) bond motifs is 1. The predicted octanol–water partition coefficient (Wildman–Crippen LogP) is 3.38. The van der Waals surface area contributed by atoms with Crippen LogP contribution in [0, 0.1) is 5.82 Å². The fraction of sp³-hybridized carbons (Fsp3) is 0.182. The first kappa shape index (κ1) is 22.3. The zero-order chi connectivity index (χ0) is 22.9. The second kappa shape index (κ2) is 8.53. The number of benzene rings is 3. The van der Waals surface area contributed by atoms with Gasteiger partial charge in [0.25, 0.3) is 10.0 Å². The van der Waals surface area contributed by atoms with Gasteiger partial charge in [-0.05, 0) is 60.0 Å². The minimum atomic E-state index is -4.05. The molecule has 0 bridgehead atoms. The van der Waals surface area contributed by atoms with E-state index in [1.54, 1.807) is 48.5 Å². The number of anilines is 1. The summed E-state index contributed by atoms with van der Waals surface area (Å²) in [6, 6.07) is 16.5. The number of nitrogens with zero attached hydrogens (tertiary/aromatic N) is 1. The first-order valence-electron chi connectivity index (χ1n) is 9.74. The van der Waals surface area contributed by atoms with Crippen LogP contribution in [0.25, 0.3) is 0 Å². The van der Waals surface area contributed by atoms with E-state index in [0.717, 1.165) is 11.6 Å². The van der Waals surface area contributed by atoms with Crippen LogP contribution in [0.5, 0.6) is 5.75 Å². The molecule has 0 saturated carbocycles.